The molecular formula is C20H31NO5. The third-order valence-corrected chi connectivity index (χ3v) is 3.55. The number of esters is 1. The summed E-state index contributed by atoms with van der Waals surface area (Å²) >= 11 is 0. The summed E-state index contributed by atoms with van der Waals surface area (Å²) in [5, 5.41) is 11.4. The second-order valence-corrected chi connectivity index (χ2v) is 7.19. The third kappa shape index (κ3) is 10.0. The average molecular weight is 365 g/mol. The number of rotatable bonds is 10. The Morgan fingerprint density at radius 2 is 1.73 bits per heavy atom. The van der Waals surface area contributed by atoms with Crippen molar-refractivity contribution in [3.05, 3.63) is 35.9 Å². The van der Waals surface area contributed by atoms with E-state index in [-0.39, 0.29) is 6.61 Å². The Morgan fingerprint density at radius 3 is 2.35 bits per heavy atom. The fraction of sp³-hybridized carbons (Fsp3) is 0.600. The lowest BCUT2D eigenvalue weighted by atomic mass is 10.1. The molecule has 0 bridgehead atoms. The molecule has 0 heterocycles. The standard InChI is InChI=1S/C20H31NO5/c1-20(2,3)26-19(24)21-17(15-16-11-7-6-8-12-16)18(23)25-14-10-5-4-9-13-22/h6-8,11-12,17,22H,4-5,9-10,13-15H2,1-3H3,(H,21,24)/t17-/m0/s1. The van der Waals surface area contributed by atoms with Crippen molar-refractivity contribution in [2.24, 2.45) is 0 Å². The Morgan fingerprint density at radius 1 is 1.08 bits per heavy atom. The van der Waals surface area contributed by atoms with Gasteiger partial charge in [0.25, 0.3) is 0 Å². The van der Waals surface area contributed by atoms with E-state index in [1.807, 2.05) is 30.3 Å². The molecule has 0 spiro atoms. The fourth-order valence-electron chi connectivity index (χ4n) is 2.33. The van der Waals surface area contributed by atoms with Crippen molar-refractivity contribution >= 4 is 12.1 Å². The topological polar surface area (TPSA) is 84.9 Å². The molecule has 0 saturated heterocycles. The molecule has 0 radical (unpaired) electrons. The van der Waals surface area contributed by atoms with Gasteiger partial charge in [0.2, 0.25) is 0 Å². The van der Waals surface area contributed by atoms with Crippen LogP contribution in [-0.4, -0.2) is 42.0 Å². The predicted molar refractivity (Wildman–Crippen MR) is 99.8 cm³/mol. The summed E-state index contributed by atoms with van der Waals surface area (Å²) in [6.45, 7) is 5.78. The van der Waals surface area contributed by atoms with Crippen molar-refractivity contribution in [2.45, 2.75) is 64.5 Å². The second-order valence-electron chi connectivity index (χ2n) is 7.19. The van der Waals surface area contributed by atoms with Crippen molar-refractivity contribution in [3.63, 3.8) is 0 Å². The van der Waals surface area contributed by atoms with E-state index in [1.165, 1.54) is 0 Å². The van der Waals surface area contributed by atoms with Crippen molar-refractivity contribution in [1.82, 2.24) is 5.32 Å². The summed E-state index contributed by atoms with van der Waals surface area (Å²) in [6.07, 6.45) is 2.97. The van der Waals surface area contributed by atoms with Crippen molar-refractivity contribution in [3.8, 4) is 0 Å². The van der Waals surface area contributed by atoms with Crippen LogP contribution in [0.2, 0.25) is 0 Å². The number of hydrogen-bond donors (Lipinski definition) is 2. The van der Waals surface area contributed by atoms with Crippen LogP contribution < -0.4 is 5.32 Å². The van der Waals surface area contributed by atoms with Gasteiger partial charge in [0.1, 0.15) is 11.6 Å². The SMILES string of the molecule is CC(C)(C)OC(=O)N[C@@H](Cc1ccccc1)C(=O)OCCCCCCO. The van der Waals surface area contributed by atoms with Gasteiger partial charge in [-0.2, -0.15) is 0 Å². The van der Waals surface area contributed by atoms with E-state index in [0.717, 1.165) is 31.2 Å². The molecule has 2 N–H and O–H groups in total. The van der Waals surface area contributed by atoms with Gasteiger partial charge in [-0.25, -0.2) is 9.59 Å². The minimum atomic E-state index is -0.801. The molecule has 0 unspecified atom stereocenters. The molecule has 26 heavy (non-hydrogen) atoms. The van der Waals surface area contributed by atoms with E-state index in [2.05, 4.69) is 5.32 Å². The second kappa shape index (κ2) is 11.5. The van der Waals surface area contributed by atoms with E-state index in [1.54, 1.807) is 20.8 Å². The molecule has 1 aromatic carbocycles. The number of carbonyl (C=O) groups excluding carboxylic acids is 2. The minimum absolute atomic E-state index is 0.179. The van der Waals surface area contributed by atoms with Crippen molar-refractivity contribution in [1.29, 1.82) is 0 Å². The van der Waals surface area contributed by atoms with Gasteiger partial charge in [-0.3, -0.25) is 0 Å². The molecule has 0 saturated carbocycles. The van der Waals surface area contributed by atoms with Crippen molar-refractivity contribution in [2.75, 3.05) is 13.2 Å². The van der Waals surface area contributed by atoms with Gasteiger partial charge < -0.3 is 19.9 Å². The summed E-state index contributed by atoms with van der Waals surface area (Å²) < 4.78 is 10.6. The first-order valence-electron chi connectivity index (χ1n) is 9.13. The van der Waals surface area contributed by atoms with Gasteiger partial charge in [-0.05, 0) is 45.6 Å². The predicted octanol–water partition coefficient (Wildman–Crippen LogP) is 3.22. The first kappa shape index (κ1) is 22.0. The number of alkyl carbamates (subject to hydrolysis) is 1. The monoisotopic (exact) mass is 365 g/mol. The number of unbranched alkanes of at least 4 members (excludes halogenated alkanes) is 3. The van der Waals surface area contributed by atoms with E-state index < -0.39 is 23.7 Å². The third-order valence-electron chi connectivity index (χ3n) is 3.55. The molecule has 6 heteroatoms. The lowest BCUT2D eigenvalue weighted by Crippen LogP contribution is -2.45. The highest BCUT2D eigenvalue weighted by atomic mass is 16.6. The number of aliphatic hydroxyl groups excluding tert-OH is 1. The molecular weight excluding hydrogens is 334 g/mol. The first-order valence-corrected chi connectivity index (χ1v) is 9.13. The smallest absolute Gasteiger partial charge is 0.408 e. The summed E-state index contributed by atoms with van der Waals surface area (Å²) in [7, 11) is 0. The largest absolute Gasteiger partial charge is 0.464 e. The highest BCUT2D eigenvalue weighted by Crippen LogP contribution is 2.10. The first-order chi connectivity index (χ1) is 12.3. The van der Waals surface area contributed by atoms with Gasteiger partial charge >= 0.3 is 12.1 Å². The van der Waals surface area contributed by atoms with Crippen LogP contribution in [0.3, 0.4) is 0 Å². The van der Waals surface area contributed by atoms with Crippen molar-refractivity contribution < 1.29 is 24.2 Å². The van der Waals surface area contributed by atoms with Crippen LogP contribution in [0, 0.1) is 0 Å². The molecule has 1 atom stereocenters. The highest BCUT2D eigenvalue weighted by Gasteiger charge is 2.25. The van der Waals surface area contributed by atoms with E-state index in [0.29, 0.717) is 13.0 Å². The van der Waals surface area contributed by atoms with Crippen LogP contribution in [0.4, 0.5) is 4.79 Å². The fourth-order valence-corrected chi connectivity index (χ4v) is 2.33. The number of amides is 1. The van der Waals surface area contributed by atoms with Crippen LogP contribution in [-0.2, 0) is 20.7 Å². The Bertz CT molecular complexity index is 539. The van der Waals surface area contributed by atoms with Gasteiger partial charge in [-0.1, -0.05) is 36.8 Å². The number of aliphatic hydroxyl groups is 1. The number of nitrogens with one attached hydrogen (secondary N) is 1. The minimum Gasteiger partial charge on any atom is -0.464 e. The van der Waals surface area contributed by atoms with Crippen LogP contribution in [0.5, 0.6) is 0 Å². The number of ether oxygens (including phenoxy) is 2. The zero-order valence-corrected chi connectivity index (χ0v) is 16.0. The van der Waals surface area contributed by atoms with E-state index >= 15 is 0 Å². The number of benzene rings is 1. The Balaban J connectivity index is 2.58. The van der Waals surface area contributed by atoms with E-state index in [4.69, 9.17) is 14.6 Å². The molecule has 1 rings (SSSR count). The Labute approximate surface area is 155 Å². The summed E-state index contributed by atoms with van der Waals surface area (Å²) in [6, 6.07) is 8.64. The maximum atomic E-state index is 12.4. The summed E-state index contributed by atoms with van der Waals surface area (Å²) in [4.78, 5) is 24.5. The summed E-state index contributed by atoms with van der Waals surface area (Å²) in [5.74, 6) is -0.470. The Kier molecular flexibility index (Phi) is 9.73. The summed E-state index contributed by atoms with van der Waals surface area (Å²) in [5.41, 5.74) is 0.284. The molecule has 0 aliphatic carbocycles. The van der Waals surface area contributed by atoms with Crippen LogP contribution in [0.25, 0.3) is 0 Å². The maximum Gasteiger partial charge on any atom is 0.408 e. The molecule has 0 aliphatic heterocycles. The van der Waals surface area contributed by atoms with Gasteiger partial charge in [-0.15, -0.1) is 0 Å². The maximum absolute atomic E-state index is 12.4. The molecule has 0 fully saturated rings. The molecule has 0 aliphatic rings. The van der Waals surface area contributed by atoms with Gasteiger partial charge in [0.15, 0.2) is 0 Å². The lowest BCUT2D eigenvalue weighted by molar-refractivity contribution is -0.146. The van der Waals surface area contributed by atoms with Crippen LogP contribution >= 0.6 is 0 Å². The lowest BCUT2D eigenvalue weighted by Gasteiger charge is -2.23. The molecule has 0 aromatic heterocycles. The van der Waals surface area contributed by atoms with Gasteiger partial charge in [0, 0.05) is 13.0 Å². The molecule has 1 amide bonds. The van der Waals surface area contributed by atoms with E-state index in [9.17, 15) is 9.59 Å². The van der Waals surface area contributed by atoms with Gasteiger partial charge in [0.05, 0.1) is 6.61 Å². The molecule has 6 nitrogen and oxygen atoms in total. The van der Waals surface area contributed by atoms with Crippen LogP contribution in [0.15, 0.2) is 30.3 Å². The molecule has 1 aromatic rings. The molecule has 146 valence electrons. The number of carbonyl (C=O) groups is 2. The highest BCUT2D eigenvalue weighted by molar-refractivity contribution is 5.81. The zero-order valence-electron chi connectivity index (χ0n) is 16.0. The average Bonchev–Trinajstić information content (AvgIpc) is 2.56. The zero-order chi connectivity index (χ0) is 19.4. The Hall–Kier alpha value is -2.08. The van der Waals surface area contributed by atoms with Crippen LogP contribution in [0.1, 0.15) is 52.0 Å². The number of hydrogen-bond acceptors (Lipinski definition) is 5. The normalized spacial score (nSPS) is 12.3. The quantitative estimate of drug-likeness (QED) is 0.491.